The lowest BCUT2D eigenvalue weighted by molar-refractivity contribution is -0.130. The van der Waals surface area contributed by atoms with Crippen molar-refractivity contribution in [3.8, 4) is 0 Å². The Bertz CT molecular complexity index is 992. The Balaban J connectivity index is 1.29. The van der Waals surface area contributed by atoms with Crippen LogP contribution in [0.2, 0.25) is 0 Å². The van der Waals surface area contributed by atoms with Gasteiger partial charge in [0.15, 0.2) is 5.13 Å². The predicted molar refractivity (Wildman–Crippen MR) is 118 cm³/mol. The molecule has 150 valence electrons. The Labute approximate surface area is 177 Å². The normalized spacial score (nSPS) is 14.1. The summed E-state index contributed by atoms with van der Waals surface area (Å²) in [7, 11) is 0. The first-order valence-corrected chi connectivity index (χ1v) is 11.2. The maximum atomic E-state index is 12.7. The van der Waals surface area contributed by atoms with E-state index in [-0.39, 0.29) is 18.2 Å². The molecule has 0 unspecified atom stereocenters. The van der Waals surface area contributed by atoms with Crippen LogP contribution in [0.3, 0.4) is 0 Å². The van der Waals surface area contributed by atoms with E-state index in [1.165, 1.54) is 33.9 Å². The number of amides is 2. The van der Waals surface area contributed by atoms with Gasteiger partial charge in [-0.2, -0.15) is 0 Å². The molecule has 0 aliphatic carbocycles. The minimum absolute atomic E-state index is 0.0790. The van der Waals surface area contributed by atoms with Crippen LogP contribution in [-0.2, 0) is 11.2 Å². The molecule has 2 aromatic heterocycles. The van der Waals surface area contributed by atoms with Crippen LogP contribution >= 0.6 is 22.7 Å². The van der Waals surface area contributed by atoms with E-state index in [2.05, 4.69) is 46.4 Å². The number of nitrogens with one attached hydrogen (secondary N) is 1. The van der Waals surface area contributed by atoms with Crippen LogP contribution in [0.25, 0.3) is 0 Å². The highest BCUT2D eigenvalue weighted by molar-refractivity contribution is 7.14. The highest BCUT2D eigenvalue weighted by Gasteiger charge is 2.22. The van der Waals surface area contributed by atoms with E-state index in [9.17, 15) is 9.59 Å². The summed E-state index contributed by atoms with van der Waals surface area (Å²) in [5.74, 6) is -0.0881. The molecule has 1 fully saturated rings. The first-order valence-electron chi connectivity index (χ1n) is 9.47. The third-order valence-corrected chi connectivity index (χ3v) is 6.52. The second-order valence-corrected chi connectivity index (χ2v) is 8.76. The third kappa shape index (κ3) is 4.83. The Morgan fingerprint density at radius 2 is 1.93 bits per heavy atom. The van der Waals surface area contributed by atoms with E-state index >= 15 is 0 Å². The largest absolute Gasteiger partial charge is 0.368 e. The van der Waals surface area contributed by atoms with E-state index in [4.69, 9.17) is 0 Å². The lowest BCUT2D eigenvalue weighted by atomic mass is 10.2. The average Bonchev–Trinajstić information content (AvgIpc) is 3.40. The summed E-state index contributed by atoms with van der Waals surface area (Å²) in [5.41, 5.74) is 3.15. The van der Waals surface area contributed by atoms with Gasteiger partial charge in [0.2, 0.25) is 5.91 Å². The molecular weight excluding hydrogens is 404 g/mol. The Kier molecular flexibility index (Phi) is 5.92. The fraction of sp³-hybridized carbons (Fsp3) is 0.286. The molecule has 3 aromatic rings. The summed E-state index contributed by atoms with van der Waals surface area (Å²) in [4.78, 5) is 34.0. The summed E-state index contributed by atoms with van der Waals surface area (Å²) in [6.07, 6.45) is 0.260. The van der Waals surface area contributed by atoms with Gasteiger partial charge in [-0.3, -0.25) is 14.9 Å². The first kappa shape index (κ1) is 19.6. The number of thiazole rings is 1. The quantitative estimate of drug-likeness (QED) is 0.676. The number of carbonyl (C=O) groups is 2. The van der Waals surface area contributed by atoms with E-state index in [0.29, 0.717) is 28.8 Å². The molecule has 0 spiro atoms. The molecule has 8 heteroatoms. The number of benzene rings is 1. The van der Waals surface area contributed by atoms with Crippen LogP contribution in [-0.4, -0.2) is 47.9 Å². The molecule has 6 nitrogen and oxygen atoms in total. The van der Waals surface area contributed by atoms with E-state index in [1.54, 1.807) is 6.07 Å². The molecule has 3 heterocycles. The fourth-order valence-electron chi connectivity index (χ4n) is 3.32. The number of thiophene rings is 1. The van der Waals surface area contributed by atoms with Crippen LogP contribution < -0.4 is 10.2 Å². The second-order valence-electron chi connectivity index (χ2n) is 6.96. The summed E-state index contributed by atoms with van der Waals surface area (Å²) in [6.45, 7) is 5.16. The number of rotatable bonds is 5. The maximum Gasteiger partial charge on any atom is 0.267 e. The Morgan fingerprint density at radius 3 is 2.66 bits per heavy atom. The molecule has 4 rings (SSSR count). The molecular formula is C21H22N4O2S2. The number of aryl methyl sites for hydroxylation is 1. The maximum absolute atomic E-state index is 12.7. The Morgan fingerprint density at radius 1 is 1.10 bits per heavy atom. The SMILES string of the molecule is Cc1cccc(N2CCN(C(=O)Cc3csc(NC(=O)c4cccs4)n3)CC2)c1. The first-order chi connectivity index (χ1) is 14.1. The van der Waals surface area contributed by atoms with Gasteiger partial charge in [-0.25, -0.2) is 4.98 Å². The second kappa shape index (κ2) is 8.75. The number of hydrogen-bond acceptors (Lipinski definition) is 6. The van der Waals surface area contributed by atoms with Gasteiger partial charge in [0.05, 0.1) is 17.0 Å². The molecule has 1 aliphatic rings. The Hall–Kier alpha value is -2.71. The van der Waals surface area contributed by atoms with Crippen LogP contribution in [0, 0.1) is 6.92 Å². The van der Waals surface area contributed by atoms with Crippen LogP contribution in [0.5, 0.6) is 0 Å². The molecule has 1 aromatic carbocycles. The highest BCUT2D eigenvalue weighted by atomic mass is 32.1. The van der Waals surface area contributed by atoms with Crippen LogP contribution in [0.4, 0.5) is 10.8 Å². The minimum Gasteiger partial charge on any atom is -0.368 e. The van der Waals surface area contributed by atoms with Gasteiger partial charge in [0.25, 0.3) is 5.91 Å². The third-order valence-electron chi connectivity index (χ3n) is 4.85. The van der Waals surface area contributed by atoms with Crippen molar-refractivity contribution in [1.29, 1.82) is 0 Å². The highest BCUT2D eigenvalue weighted by Crippen LogP contribution is 2.20. The van der Waals surface area contributed by atoms with E-state index in [0.717, 1.165) is 13.1 Å². The van der Waals surface area contributed by atoms with Crippen molar-refractivity contribution in [2.45, 2.75) is 13.3 Å². The smallest absolute Gasteiger partial charge is 0.267 e. The van der Waals surface area contributed by atoms with E-state index in [1.807, 2.05) is 21.7 Å². The van der Waals surface area contributed by atoms with Crippen LogP contribution in [0.1, 0.15) is 20.9 Å². The van der Waals surface area contributed by atoms with Gasteiger partial charge < -0.3 is 9.80 Å². The predicted octanol–water partition coefficient (Wildman–Crippen LogP) is 3.66. The lowest BCUT2D eigenvalue weighted by Gasteiger charge is -2.36. The number of hydrogen-bond donors (Lipinski definition) is 1. The monoisotopic (exact) mass is 426 g/mol. The van der Waals surface area contributed by atoms with Gasteiger partial charge in [-0.15, -0.1) is 22.7 Å². The summed E-state index contributed by atoms with van der Waals surface area (Å²) < 4.78 is 0. The van der Waals surface area contributed by atoms with Gasteiger partial charge in [-0.1, -0.05) is 18.2 Å². The number of anilines is 2. The van der Waals surface area contributed by atoms with Crippen molar-refractivity contribution in [3.05, 3.63) is 63.3 Å². The molecule has 0 bridgehead atoms. The summed E-state index contributed by atoms with van der Waals surface area (Å²) in [6, 6.07) is 12.1. The molecule has 0 radical (unpaired) electrons. The average molecular weight is 427 g/mol. The van der Waals surface area contributed by atoms with Gasteiger partial charge in [-0.05, 0) is 36.1 Å². The van der Waals surface area contributed by atoms with Gasteiger partial charge in [0, 0.05) is 37.2 Å². The fourth-order valence-corrected chi connectivity index (χ4v) is 4.64. The van der Waals surface area contributed by atoms with Gasteiger partial charge >= 0.3 is 0 Å². The zero-order chi connectivity index (χ0) is 20.2. The molecule has 1 aliphatic heterocycles. The minimum atomic E-state index is -0.167. The van der Waals surface area contributed by atoms with Crippen molar-refractivity contribution in [2.75, 3.05) is 36.4 Å². The van der Waals surface area contributed by atoms with E-state index < -0.39 is 0 Å². The van der Waals surface area contributed by atoms with Crippen molar-refractivity contribution in [2.24, 2.45) is 0 Å². The number of piperazine rings is 1. The van der Waals surface area contributed by atoms with Crippen LogP contribution in [0.15, 0.2) is 47.2 Å². The van der Waals surface area contributed by atoms with Crippen molar-refractivity contribution in [1.82, 2.24) is 9.88 Å². The topological polar surface area (TPSA) is 65.5 Å². The van der Waals surface area contributed by atoms with Gasteiger partial charge in [0.1, 0.15) is 0 Å². The molecule has 2 amide bonds. The molecule has 29 heavy (non-hydrogen) atoms. The summed E-state index contributed by atoms with van der Waals surface area (Å²) in [5, 5.41) is 7.02. The zero-order valence-corrected chi connectivity index (χ0v) is 17.8. The van der Waals surface area contributed by atoms with Crippen molar-refractivity contribution < 1.29 is 9.59 Å². The summed E-state index contributed by atoms with van der Waals surface area (Å²) >= 11 is 2.73. The zero-order valence-electron chi connectivity index (χ0n) is 16.1. The molecule has 1 N–H and O–H groups in total. The lowest BCUT2D eigenvalue weighted by Crippen LogP contribution is -2.49. The number of aromatic nitrogens is 1. The molecule has 1 saturated heterocycles. The van der Waals surface area contributed by atoms with Crippen molar-refractivity contribution in [3.63, 3.8) is 0 Å². The number of nitrogens with zero attached hydrogens (tertiary/aromatic N) is 3. The molecule has 0 atom stereocenters. The molecule has 0 saturated carbocycles. The van der Waals surface area contributed by atoms with Crippen molar-refractivity contribution >= 4 is 45.3 Å². The number of carbonyl (C=O) groups excluding carboxylic acids is 2. The standard InChI is InChI=1S/C21H22N4O2S2/c1-15-4-2-5-17(12-15)24-7-9-25(10-8-24)19(26)13-16-14-29-21(22-16)23-20(27)18-6-3-11-28-18/h2-6,11-12,14H,7-10,13H2,1H3,(H,22,23,27).